The fraction of sp³-hybridized carbons (Fsp3) is 0.100. The Hall–Kier alpha value is -3.52. The summed E-state index contributed by atoms with van der Waals surface area (Å²) in [7, 11) is 0. The molecule has 0 saturated carbocycles. The quantitative estimate of drug-likeness (QED) is 0.707. The summed E-state index contributed by atoms with van der Waals surface area (Å²) in [5, 5.41) is 19.4. The molecule has 25 heavy (non-hydrogen) atoms. The largest absolute Gasteiger partial charge is 0.508 e. The van der Waals surface area contributed by atoms with Crippen molar-refractivity contribution in [1.82, 2.24) is 4.57 Å². The van der Waals surface area contributed by atoms with Crippen molar-refractivity contribution < 1.29 is 19.8 Å². The van der Waals surface area contributed by atoms with E-state index in [0.717, 1.165) is 0 Å². The second kappa shape index (κ2) is 6.54. The van der Waals surface area contributed by atoms with Crippen molar-refractivity contribution in [2.75, 3.05) is 0 Å². The number of carbonyl (C=O) groups excluding carboxylic acids is 1. The average molecular weight is 333 g/mol. The zero-order valence-electron chi connectivity index (χ0n) is 13.5. The number of carboxylic acids is 1. The van der Waals surface area contributed by atoms with Gasteiger partial charge in [0.25, 0.3) is 0 Å². The zero-order chi connectivity index (χ0) is 18.0. The molecular formula is C20H15NO4. The van der Waals surface area contributed by atoms with E-state index in [1.54, 1.807) is 25.1 Å². The number of carboxylic acid groups (broad SMARTS) is 1. The van der Waals surface area contributed by atoms with E-state index in [1.165, 1.54) is 16.7 Å². The van der Waals surface area contributed by atoms with Gasteiger partial charge in [-0.2, -0.15) is 0 Å². The highest BCUT2D eigenvalue weighted by atomic mass is 16.4. The Kier molecular flexibility index (Phi) is 4.27. The second-order valence-corrected chi connectivity index (χ2v) is 5.59. The van der Waals surface area contributed by atoms with Crippen molar-refractivity contribution in [3.63, 3.8) is 0 Å². The van der Waals surface area contributed by atoms with Gasteiger partial charge in [-0.25, -0.2) is 0 Å². The first-order valence-electron chi connectivity index (χ1n) is 7.63. The molecule has 0 aliphatic rings. The first kappa shape index (κ1) is 16.3. The van der Waals surface area contributed by atoms with E-state index >= 15 is 0 Å². The van der Waals surface area contributed by atoms with Crippen LogP contribution in [0.2, 0.25) is 0 Å². The van der Waals surface area contributed by atoms with Crippen LogP contribution in [0.3, 0.4) is 0 Å². The highest BCUT2D eigenvalue weighted by Crippen LogP contribution is 2.29. The highest BCUT2D eigenvalue weighted by molar-refractivity contribution is 6.05. The Morgan fingerprint density at radius 1 is 1.12 bits per heavy atom. The van der Waals surface area contributed by atoms with Crippen molar-refractivity contribution in [2.45, 2.75) is 13.3 Å². The summed E-state index contributed by atoms with van der Waals surface area (Å²) in [5.74, 6) is 3.96. The van der Waals surface area contributed by atoms with Gasteiger partial charge in [-0.1, -0.05) is 24.1 Å². The van der Waals surface area contributed by atoms with Crippen LogP contribution in [0.15, 0.2) is 48.5 Å². The van der Waals surface area contributed by atoms with Gasteiger partial charge >= 0.3 is 11.9 Å². The number of phenols is 1. The molecule has 0 fully saturated rings. The Bertz CT molecular complexity index is 1040. The number of hydrogen-bond donors (Lipinski definition) is 2. The molecule has 3 rings (SSSR count). The molecule has 1 aromatic heterocycles. The van der Waals surface area contributed by atoms with Crippen LogP contribution < -0.4 is 0 Å². The summed E-state index contributed by atoms with van der Waals surface area (Å²) in [6.45, 7) is 1.68. The molecule has 0 aliphatic heterocycles. The van der Waals surface area contributed by atoms with Crippen molar-refractivity contribution in [3.8, 4) is 17.6 Å². The lowest BCUT2D eigenvalue weighted by Gasteiger charge is -2.02. The van der Waals surface area contributed by atoms with E-state index in [1.807, 2.05) is 18.2 Å². The van der Waals surface area contributed by atoms with Gasteiger partial charge in [0, 0.05) is 22.6 Å². The van der Waals surface area contributed by atoms with Gasteiger partial charge in [-0.05, 0) is 42.8 Å². The summed E-state index contributed by atoms with van der Waals surface area (Å²) < 4.78 is 1.39. The van der Waals surface area contributed by atoms with Gasteiger partial charge in [0.2, 0.25) is 0 Å². The molecule has 124 valence electrons. The molecule has 1 heterocycles. The van der Waals surface area contributed by atoms with E-state index < -0.39 is 11.9 Å². The lowest BCUT2D eigenvalue weighted by Crippen LogP contribution is -2.10. The zero-order valence-corrected chi connectivity index (χ0v) is 13.5. The monoisotopic (exact) mass is 333 g/mol. The molecular weight excluding hydrogens is 318 g/mol. The van der Waals surface area contributed by atoms with Crippen molar-refractivity contribution >= 4 is 22.8 Å². The number of benzene rings is 2. The lowest BCUT2D eigenvalue weighted by molar-refractivity contribution is -0.136. The Morgan fingerprint density at radius 2 is 1.84 bits per heavy atom. The molecule has 0 bridgehead atoms. The first-order chi connectivity index (χ1) is 12.0. The molecule has 0 unspecified atom stereocenters. The van der Waals surface area contributed by atoms with Crippen molar-refractivity contribution in [1.29, 1.82) is 0 Å². The van der Waals surface area contributed by atoms with E-state index in [4.69, 9.17) is 5.11 Å². The number of nitrogens with zero attached hydrogens (tertiary/aromatic N) is 1. The fourth-order valence-electron chi connectivity index (χ4n) is 2.81. The minimum Gasteiger partial charge on any atom is -0.508 e. The topological polar surface area (TPSA) is 79.5 Å². The number of aromatic nitrogens is 1. The molecule has 2 N–H and O–H groups in total. The molecule has 0 atom stereocenters. The number of hydrogen-bond acceptors (Lipinski definition) is 3. The smallest absolute Gasteiger partial charge is 0.307 e. The minimum absolute atomic E-state index is 0.0131. The van der Waals surface area contributed by atoms with Gasteiger partial charge < -0.3 is 10.2 Å². The maximum absolute atomic E-state index is 12.6. The first-order valence-corrected chi connectivity index (χ1v) is 7.63. The predicted octanol–water partition coefficient (Wildman–Crippen LogP) is 2.97. The van der Waals surface area contributed by atoms with Gasteiger partial charge in [0.15, 0.2) is 0 Å². The number of aliphatic carboxylic acids is 1. The number of phenolic OH excluding ortho intramolecular Hbond substituents is 1. The average Bonchev–Trinajstić information content (AvgIpc) is 2.85. The maximum atomic E-state index is 12.6. The van der Waals surface area contributed by atoms with Crippen LogP contribution in [-0.4, -0.2) is 26.7 Å². The molecule has 5 nitrogen and oxygen atoms in total. The molecule has 0 radical (unpaired) electrons. The summed E-state index contributed by atoms with van der Waals surface area (Å²) in [4.78, 5) is 23.8. The molecule has 0 amide bonds. The lowest BCUT2D eigenvalue weighted by atomic mass is 10.1. The maximum Gasteiger partial charge on any atom is 0.307 e. The SMILES string of the molecule is Cc1c(CC(=O)O)c2cc(O)ccc2n1C(=O)C#Cc1ccccc1. The number of aromatic hydroxyl groups is 1. The third kappa shape index (κ3) is 3.24. The number of fused-ring (bicyclic) bond motifs is 1. The van der Waals surface area contributed by atoms with Crippen LogP contribution in [0.1, 0.15) is 21.6 Å². The van der Waals surface area contributed by atoms with E-state index in [-0.39, 0.29) is 12.2 Å². The molecule has 0 saturated heterocycles. The van der Waals surface area contributed by atoms with Crippen molar-refractivity contribution in [2.24, 2.45) is 0 Å². The van der Waals surface area contributed by atoms with Crippen molar-refractivity contribution in [3.05, 3.63) is 65.4 Å². The van der Waals surface area contributed by atoms with Gasteiger partial charge in [0.05, 0.1) is 11.9 Å². The summed E-state index contributed by atoms with van der Waals surface area (Å²) in [6.07, 6.45) is -0.238. The van der Waals surface area contributed by atoms with E-state index in [9.17, 15) is 14.7 Å². The third-order valence-electron chi connectivity index (χ3n) is 3.94. The number of carbonyl (C=O) groups is 2. The fourth-order valence-corrected chi connectivity index (χ4v) is 2.81. The highest BCUT2D eigenvalue weighted by Gasteiger charge is 2.19. The standard InChI is InChI=1S/C20H15NO4/c1-13-16(12-20(24)25)17-11-15(22)8-9-18(17)21(13)19(23)10-7-14-5-3-2-4-6-14/h2-6,8-9,11,22H,12H2,1H3,(H,24,25). The van der Waals surface area contributed by atoms with Crippen LogP contribution in [0.4, 0.5) is 0 Å². The molecule has 3 aromatic rings. The summed E-state index contributed by atoms with van der Waals surface area (Å²) >= 11 is 0. The van der Waals surface area contributed by atoms with E-state index in [0.29, 0.717) is 27.7 Å². The van der Waals surface area contributed by atoms with Gasteiger partial charge in [-0.3, -0.25) is 14.2 Å². The molecule has 0 aliphatic carbocycles. The molecule has 2 aromatic carbocycles. The minimum atomic E-state index is -1.01. The number of rotatable bonds is 2. The Balaban J connectivity index is 2.13. The van der Waals surface area contributed by atoms with Crippen LogP contribution in [-0.2, 0) is 11.2 Å². The van der Waals surface area contributed by atoms with E-state index in [2.05, 4.69) is 11.8 Å². The van der Waals surface area contributed by atoms with Crippen LogP contribution >= 0.6 is 0 Å². The second-order valence-electron chi connectivity index (χ2n) is 5.59. The third-order valence-corrected chi connectivity index (χ3v) is 3.94. The molecule has 0 spiro atoms. The van der Waals surface area contributed by atoms with Crippen LogP contribution in [0.25, 0.3) is 10.9 Å². The summed E-state index contributed by atoms with van der Waals surface area (Å²) in [6, 6.07) is 13.6. The van der Waals surface area contributed by atoms with Crippen LogP contribution in [0, 0.1) is 18.8 Å². The normalized spacial score (nSPS) is 10.3. The predicted molar refractivity (Wildman–Crippen MR) is 93.6 cm³/mol. The summed E-state index contributed by atoms with van der Waals surface area (Å²) in [5.41, 5.74) is 2.25. The van der Waals surface area contributed by atoms with Gasteiger partial charge in [-0.15, -0.1) is 0 Å². The molecule has 5 heteroatoms. The van der Waals surface area contributed by atoms with Crippen LogP contribution in [0.5, 0.6) is 5.75 Å². The van der Waals surface area contributed by atoms with Gasteiger partial charge in [0.1, 0.15) is 5.75 Å². The Morgan fingerprint density at radius 3 is 2.52 bits per heavy atom. The Labute approximate surface area is 144 Å².